The van der Waals surface area contributed by atoms with Gasteiger partial charge in [0.2, 0.25) is 0 Å². The maximum atomic E-state index is 13.6. The van der Waals surface area contributed by atoms with Crippen LogP contribution in [0.1, 0.15) is 23.6 Å². The highest BCUT2D eigenvalue weighted by Crippen LogP contribution is 2.29. The van der Waals surface area contributed by atoms with Crippen LogP contribution in [-0.2, 0) is 0 Å². The fourth-order valence-electron chi connectivity index (χ4n) is 3.50. The molecule has 0 amide bonds. The third kappa shape index (κ3) is 3.37. The van der Waals surface area contributed by atoms with Gasteiger partial charge in [0, 0.05) is 38.3 Å². The predicted molar refractivity (Wildman–Crippen MR) is 102 cm³/mol. The van der Waals surface area contributed by atoms with Gasteiger partial charge in [0.1, 0.15) is 0 Å². The summed E-state index contributed by atoms with van der Waals surface area (Å²) in [6.45, 7) is 4.13. The molecule has 6 heteroatoms. The summed E-state index contributed by atoms with van der Waals surface area (Å²) in [6.07, 6.45) is 0.766. The van der Waals surface area contributed by atoms with E-state index < -0.39 is 0 Å². The smallest absolute Gasteiger partial charge is 0.165 e. The molecule has 0 bridgehead atoms. The van der Waals surface area contributed by atoms with Crippen molar-refractivity contribution in [3.8, 4) is 5.75 Å². The summed E-state index contributed by atoms with van der Waals surface area (Å²) in [7, 11) is 1.48. The van der Waals surface area contributed by atoms with Crippen LogP contribution < -0.4 is 20.4 Å². The lowest BCUT2D eigenvalue weighted by molar-refractivity contribution is 0.385. The number of hydrogen-bond donors (Lipinski definition) is 2. The summed E-state index contributed by atoms with van der Waals surface area (Å²) < 4.78 is 18.7. The van der Waals surface area contributed by atoms with E-state index in [9.17, 15) is 4.39 Å². The van der Waals surface area contributed by atoms with Crippen molar-refractivity contribution in [2.75, 3.05) is 38.2 Å². The van der Waals surface area contributed by atoms with Crippen molar-refractivity contribution < 1.29 is 9.13 Å². The van der Waals surface area contributed by atoms with Gasteiger partial charge >= 0.3 is 0 Å². The van der Waals surface area contributed by atoms with Gasteiger partial charge in [0.05, 0.1) is 18.9 Å². The van der Waals surface area contributed by atoms with Crippen LogP contribution in [0.15, 0.2) is 47.6 Å². The van der Waals surface area contributed by atoms with Crippen LogP contribution in [0.3, 0.4) is 0 Å². The number of rotatable bonds is 4. The van der Waals surface area contributed by atoms with Crippen molar-refractivity contribution in [3.63, 3.8) is 0 Å². The summed E-state index contributed by atoms with van der Waals surface area (Å²) in [5.41, 5.74) is 7.52. The molecular weight excluding hydrogens is 331 g/mol. The Morgan fingerprint density at radius 3 is 2.62 bits per heavy atom. The average Bonchev–Trinajstić information content (AvgIpc) is 3.19. The Morgan fingerprint density at radius 1 is 1.12 bits per heavy atom. The van der Waals surface area contributed by atoms with Crippen LogP contribution in [0, 0.1) is 5.82 Å². The van der Waals surface area contributed by atoms with Gasteiger partial charge in [-0.15, -0.1) is 0 Å². The highest BCUT2D eigenvalue weighted by Gasteiger charge is 2.22. The molecule has 2 aromatic carbocycles. The lowest BCUT2D eigenvalue weighted by Gasteiger charge is -2.29. The molecule has 2 aliphatic heterocycles. The quantitative estimate of drug-likeness (QED) is 0.886. The summed E-state index contributed by atoms with van der Waals surface area (Å²) in [5, 5.41) is 7.86. The van der Waals surface area contributed by atoms with Gasteiger partial charge in [0.15, 0.2) is 11.6 Å². The van der Waals surface area contributed by atoms with Crippen LogP contribution in [-0.4, -0.2) is 39.0 Å². The number of nitrogens with zero attached hydrogens (tertiary/aromatic N) is 2. The molecule has 1 atom stereocenters. The van der Waals surface area contributed by atoms with Crippen molar-refractivity contribution in [1.82, 2.24) is 10.7 Å². The van der Waals surface area contributed by atoms with E-state index in [4.69, 9.17) is 4.74 Å². The second-order valence-corrected chi connectivity index (χ2v) is 6.62. The fraction of sp³-hybridized carbons (Fsp3) is 0.350. The highest BCUT2D eigenvalue weighted by molar-refractivity contribution is 6.02. The Kier molecular flexibility index (Phi) is 4.75. The summed E-state index contributed by atoms with van der Waals surface area (Å²) in [4.78, 5) is 2.39. The molecule has 0 radical (unpaired) electrons. The first-order valence-corrected chi connectivity index (χ1v) is 8.96. The summed E-state index contributed by atoms with van der Waals surface area (Å²) >= 11 is 0. The number of nitrogens with one attached hydrogen (secondary N) is 2. The minimum atomic E-state index is -0.348. The highest BCUT2D eigenvalue weighted by atomic mass is 19.1. The van der Waals surface area contributed by atoms with Gasteiger partial charge in [-0.2, -0.15) is 5.10 Å². The molecule has 26 heavy (non-hydrogen) atoms. The van der Waals surface area contributed by atoms with E-state index in [-0.39, 0.29) is 17.6 Å². The Morgan fingerprint density at radius 2 is 1.88 bits per heavy atom. The number of benzene rings is 2. The normalized spacial score (nSPS) is 19.8. The van der Waals surface area contributed by atoms with Crippen molar-refractivity contribution in [3.05, 3.63) is 59.4 Å². The average molecular weight is 354 g/mol. The minimum absolute atomic E-state index is 0.0346. The number of hydrogen-bond acceptors (Lipinski definition) is 5. The van der Waals surface area contributed by atoms with Gasteiger partial charge in [-0.05, 0) is 35.4 Å². The molecule has 2 heterocycles. The van der Waals surface area contributed by atoms with Gasteiger partial charge in [0.25, 0.3) is 0 Å². The third-order valence-corrected chi connectivity index (χ3v) is 5.01. The zero-order chi connectivity index (χ0) is 17.9. The number of halogens is 1. The number of piperazine rings is 1. The van der Waals surface area contributed by atoms with E-state index in [0.717, 1.165) is 49.4 Å². The Labute approximate surface area is 152 Å². The van der Waals surface area contributed by atoms with E-state index in [1.807, 2.05) is 0 Å². The lowest BCUT2D eigenvalue weighted by atomic mass is 9.98. The Bertz CT molecular complexity index is 800. The molecule has 1 saturated heterocycles. The lowest BCUT2D eigenvalue weighted by Crippen LogP contribution is -2.43. The first kappa shape index (κ1) is 16.8. The van der Waals surface area contributed by atoms with Gasteiger partial charge in [-0.25, -0.2) is 4.39 Å². The molecule has 1 unspecified atom stereocenters. The van der Waals surface area contributed by atoms with Crippen molar-refractivity contribution in [2.24, 2.45) is 5.10 Å². The monoisotopic (exact) mass is 354 g/mol. The molecule has 5 nitrogen and oxygen atoms in total. The van der Waals surface area contributed by atoms with E-state index in [1.165, 1.54) is 18.9 Å². The zero-order valence-corrected chi connectivity index (χ0v) is 14.8. The van der Waals surface area contributed by atoms with Crippen LogP contribution in [0.25, 0.3) is 0 Å². The number of ether oxygens (including phenoxy) is 1. The van der Waals surface area contributed by atoms with E-state index in [2.05, 4.69) is 45.0 Å². The molecule has 136 valence electrons. The molecule has 0 aliphatic carbocycles. The standard InChI is InChI=1S/C20H23FN4O/c1-26-20-12-15(4-7-17(20)21)19-13-18(23-24-19)14-2-5-16(6-3-14)25-10-8-22-9-11-25/h2-7,12,19,22,24H,8-11,13H2,1H3. The van der Waals surface area contributed by atoms with Crippen molar-refractivity contribution in [1.29, 1.82) is 0 Å². The second kappa shape index (κ2) is 7.33. The van der Waals surface area contributed by atoms with Crippen LogP contribution >= 0.6 is 0 Å². The predicted octanol–water partition coefficient (Wildman–Crippen LogP) is 2.68. The first-order chi connectivity index (χ1) is 12.7. The fourth-order valence-corrected chi connectivity index (χ4v) is 3.50. The molecule has 2 aliphatic rings. The van der Waals surface area contributed by atoms with Gasteiger partial charge < -0.3 is 20.4 Å². The molecule has 2 N–H and O–H groups in total. The molecular formula is C20H23FN4O. The number of methoxy groups -OCH3 is 1. The molecule has 1 fully saturated rings. The Hall–Kier alpha value is -2.60. The van der Waals surface area contributed by atoms with Crippen molar-refractivity contribution in [2.45, 2.75) is 12.5 Å². The van der Waals surface area contributed by atoms with Crippen molar-refractivity contribution >= 4 is 11.4 Å². The molecule has 2 aromatic rings. The summed E-state index contributed by atoms with van der Waals surface area (Å²) in [5.74, 6) is -0.0861. The SMILES string of the molecule is COc1cc(C2CC(c3ccc(N4CCNCC4)cc3)=NN2)ccc1F. The van der Waals surface area contributed by atoms with Gasteiger partial charge in [-0.1, -0.05) is 18.2 Å². The van der Waals surface area contributed by atoms with E-state index in [1.54, 1.807) is 12.1 Å². The summed E-state index contributed by atoms with van der Waals surface area (Å²) in [6, 6.07) is 13.6. The molecule has 0 spiro atoms. The topological polar surface area (TPSA) is 48.9 Å². The number of hydrazone groups is 1. The molecule has 4 rings (SSSR count). The van der Waals surface area contributed by atoms with Crippen LogP contribution in [0.2, 0.25) is 0 Å². The maximum Gasteiger partial charge on any atom is 0.165 e. The van der Waals surface area contributed by atoms with Crippen LogP contribution in [0.4, 0.5) is 10.1 Å². The largest absolute Gasteiger partial charge is 0.494 e. The van der Waals surface area contributed by atoms with Crippen LogP contribution in [0.5, 0.6) is 5.75 Å². The first-order valence-electron chi connectivity index (χ1n) is 8.96. The minimum Gasteiger partial charge on any atom is -0.494 e. The maximum absolute atomic E-state index is 13.6. The van der Waals surface area contributed by atoms with E-state index >= 15 is 0 Å². The molecule has 0 saturated carbocycles. The third-order valence-electron chi connectivity index (χ3n) is 5.01. The number of anilines is 1. The molecule has 0 aromatic heterocycles. The Balaban J connectivity index is 1.45. The van der Waals surface area contributed by atoms with E-state index in [0.29, 0.717) is 0 Å². The zero-order valence-electron chi connectivity index (χ0n) is 14.8. The second-order valence-electron chi connectivity index (χ2n) is 6.62. The van der Waals surface area contributed by atoms with Gasteiger partial charge in [-0.3, -0.25) is 0 Å².